The van der Waals surface area contributed by atoms with Crippen LogP contribution in [0.15, 0.2) is 42.5 Å². The van der Waals surface area contributed by atoms with Crippen LogP contribution in [0.5, 0.6) is 0 Å². The molecule has 0 fully saturated rings. The molecule has 2 aromatic rings. The largest absolute Gasteiger partial charge is 0.355 e. The number of rotatable bonds is 4. The molecule has 0 aromatic heterocycles. The fourth-order valence-electron chi connectivity index (χ4n) is 1.95. The van der Waals surface area contributed by atoms with Gasteiger partial charge < -0.3 is 10.6 Å². The molecule has 4 nitrogen and oxygen atoms in total. The van der Waals surface area contributed by atoms with Crippen molar-refractivity contribution in [2.75, 3.05) is 12.4 Å². The zero-order valence-corrected chi connectivity index (χ0v) is 12.6. The summed E-state index contributed by atoms with van der Waals surface area (Å²) in [6.07, 6.45) is -0.185. The molecule has 0 aliphatic rings. The van der Waals surface area contributed by atoms with E-state index < -0.39 is 11.7 Å². The van der Waals surface area contributed by atoms with Crippen molar-refractivity contribution in [3.05, 3.63) is 64.4 Å². The van der Waals surface area contributed by atoms with Crippen LogP contribution in [0.4, 0.5) is 10.1 Å². The molecule has 0 spiro atoms. The van der Waals surface area contributed by atoms with Crippen LogP contribution in [0.25, 0.3) is 0 Å². The average Bonchev–Trinajstić information content (AvgIpc) is 2.50. The van der Waals surface area contributed by atoms with Gasteiger partial charge in [0.05, 0.1) is 6.42 Å². The Morgan fingerprint density at radius 3 is 2.59 bits per heavy atom. The third-order valence-electron chi connectivity index (χ3n) is 3.03. The quantitative estimate of drug-likeness (QED) is 0.909. The second-order valence-corrected chi connectivity index (χ2v) is 4.99. The van der Waals surface area contributed by atoms with Crippen molar-refractivity contribution in [2.45, 2.75) is 6.42 Å². The lowest BCUT2D eigenvalue weighted by atomic mass is 10.1. The van der Waals surface area contributed by atoms with Gasteiger partial charge in [0.2, 0.25) is 5.91 Å². The summed E-state index contributed by atoms with van der Waals surface area (Å²) in [5.74, 6) is -1.20. The minimum absolute atomic E-state index is 0.143. The molecule has 0 radical (unpaired) electrons. The number of carbonyl (C=O) groups is 2. The van der Waals surface area contributed by atoms with E-state index in [4.69, 9.17) is 11.6 Å². The Morgan fingerprint density at radius 1 is 1.18 bits per heavy atom. The lowest BCUT2D eigenvalue weighted by molar-refractivity contribution is -0.115. The van der Waals surface area contributed by atoms with Crippen molar-refractivity contribution in [1.29, 1.82) is 0 Å². The summed E-state index contributed by atoms with van der Waals surface area (Å²) in [6.45, 7) is 0. The summed E-state index contributed by atoms with van der Waals surface area (Å²) in [7, 11) is 1.52. The summed E-state index contributed by atoms with van der Waals surface area (Å²) in [5, 5.41) is 5.32. The van der Waals surface area contributed by atoms with Gasteiger partial charge in [-0.05, 0) is 30.3 Å². The van der Waals surface area contributed by atoms with Crippen molar-refractivity contribution < 1.29 is 14.0 Å². The number of halogens is 2. The summed E-state index contributed by atoms with van der Waals surface area (Å²) < 4.78 is 13.6. The van der Waals surface area contributed by atoms with E-state index in [0.717, 1.165) is 0 Å². The first-order valence-corrected chi connectivity index (χ1v) is 6.94. The number of nitrogens with one attached hydrogen (secondary N) is 2. The van der Waals surface area contributed by atoms with Crippen LogP contribution in [-0.2, 0) is 11.2 Å². The van der Waals surface area contributed by atoms with E-state index in [2.05, 4.69) is 10.6 Å². The molecule has 0 atom stereocenters. The van der Waals surface area contributed by atoms with Crippen molar-refractivity contribution in [3.8, 4) is 0 Å². The zero-order valence-electron chi connectivity index (χ0n) is 11.8. The molecule has 0 aliphatic carbocycles. The Labute approximate surface area is 132 Å². The minimum Gasteiger partial charge on any atom is -0.355 e. The summed E-state index contributed by atoms with van der Waals surface area (Å²) in [6, 6.07) is 10.7. The van der Waals surface area contributed by atoms with Gasteiger partial charge in [0.1, 0.15) is 5.82 Å². The predicted octanol–water partition coefficient (Wildman–Crippen LogP) is 3.02. The van der Waals surface area contributed by atoms with Gasteiger partial charge in [-0.1, -0.05) is 23.7 Å². The minimum atomic E-state index is -0.526. The molecular weight excluding hydrogens is 307 g/mol. The summed E-state index contributed by atoms with van der Waals surface area (Å²) in [4.78, 5) is 23.5. The van der Waals surface area contributed by atoms with E-state index in [1.54, 1.807) is 24.3 Å². The molecule has 2 N–H and O–H groups in total. The molecule has 2 amide bonds. The third kappa shape index (κ3) is 3.83. The van der Waals surface area contributed by atoms with Gasteiger partial charge in [-0.25, -0.2) is 4.39 Å². The van der Waals surface area contributed by atoms with E-state index in [1.807, 2.05) is 0 Å². The molecular formula is C16H14ClFN2O2. The zero-order chi connectivity index (χ0) is 16.1. The molecule has 0 bridgehead atoms. The van der Waals surface area contributed by atoms with E-state index in [0.29, 0.717) is 11.3 Å². The van der Waals surface area contributed by atoms with Gasteiger partial charge in [-0.3, -0.25) is 9.59 Å². The van der Waals surface area contributed by atoms with E-state index in [9.17, 15) is 14.0 Å². The van der Waals surface area contributed by atoms with Gasteiger partial charge in [-0.2, -0.15) is 0 Å². The highest BCUT2D eigenvalue weighted by molar-refractivity contribution is 6.31. The van der Waals surface area contributed by atoms with Crippen LogP contribution in [0, 0.1) is 5.82 Å². The molecule has 0 saturated carbocycles. The predicted molar refractivity (Wildman–Crippen MR) is 83.6 cm³/mol. The summed E-state index contributed by atoms with van der Waals surface area (Å²) >= 11 is 5.89. The molecule has 114 valence electrons. The van der Waals surface area contributed by atoms with Gasteiger partial charge >= 0.3 is 0 Å². The molecule has 6 heteroatoms. The number of hydrogen-bond donors (Lipinski definition) is 2. The highest BCUT2D eigenvalue weighted by atomic mass is 35.5. The fraction of sp³-hybridized carbons (Fsp3) is 0.125. The second kappa shape index (κ2) is 7.04. The van der Waals surface area contributed by atoms with Crippen molar-refractivity contribution in [1.82, 2.24) is 5.32 Å². The van der Waals surface area contributed by atoms with E-state index in [1.165, 1.54) is 25.2 Å². The van der Waals surface area contributed by atoms with Crippen LogP contribution >= 0.6 is 11.6 Å². The van der Waals surface area contributed by atoms with Crippen molar-refractivity contribution in [2.24, 2.45) is 0 Å². The first-order chi connectivity index (χ1) is 10.5. The molecule has 0 saturated heterocycles. The SMILES string of the molecule is CNC(=O)c1cccc(NC(=O)Cc2c(F)cccc2Cl)c1. The van der Waals surface area contributed by atoms with Crippen LogP contribution in [0.3, 0.4) is 0 Å². The molecule has 2 aromatic carbocycles. The smallest absolute Gasteiger partial charge is 0.251 e. The number of anilines is 1. The normalized spacial score (nSPS) is 10.1. The van der Waals surface area contributed by atoms with Gasteiger partial charge in [0.25, 0.3) is 5.91 Å². The maximum Gasteiger partial charge on any atom is 0.251 e. The Balaban J connectivity index is 2.11. The average molecular weight is 321 g/mol. The van der Waals surface area contributed by atoms with Crippen molar-refractivity contribution >= 4 is 29.1 Å². The van der Waals surface area contributed by atoms with E-state index in [-0.39, 0.29) is 22.9 Å². The van der Waals surface area contributed by atoms with Gasteiger partial charge in [0.15, 0.2) is 0 Å². The molecule has 0 unspecified atom stereocenters. The third-order valence-corrected chi connectivity index (χ3v) is 3.39. The first-order valence-electron chi connectivity index (χ1n) is 6.56. The number of hydrogen-bond acceptors (Lipinski definition) is 2. The van der Waals surface area contributed by atoms with Crippen LogP contribution in [0.2, 0.25) is 5.02 Å². The molecule has 0 heterocycles. The lowest BCUT2D eigenvalue weighted by Crippen LogP contribution is -2.19. The topological polar surface area (TPSA) is 58.2 Å². The number of benzene rings is 2. The second-order valence-electron chi connectivity index (χ2n) is 4.59. The highest BCUT2D eigenvalue weighted by Crippen LogP contribution is 2.20. The monoisotopic (exact) mass is 320 g/mol. The molecule has 22 heavy (non-hydrogen) atoms. The Hall–Kier alpha value is -2.40. The first kappa shape index (κ1) is 16.0. The Kier molecular flexibility index (Phi) is 5.12. The Bertz CT molecular complexity index is 699. The Morgan fingerprint density at radius 2 is 1.91 bits per heavy atom. The van der Waals surface area contributed by atoms with Gasteiger partial charge in [0, 0.05) is 28.9 Å². The highest BCUT2D eigenvalue weighted by Gasteiger charge is 2.12. The van der Waals surface area contributed by atoms with Gasteiger partial charge in [-0.15, -0.1) is 0 Å². The lowest BCUT2D eigenvalue weighted by Gasteiger charge is -2.08. The standard InChI is InChI=1S/C16H14ClFN2O2/c1-19-16(22)10-4-2-5-11(8-10)20-15(21)9-12-13(17)6-3-7-14(12)18/h2-8H,9H2,1H3,(H,19,22)(H,20,21). The fourth-order valence-corrected chi connectivity index (χ4v) is 2.18. The maximum atomic E-state index is 13.6. The van der Waals surface area contributed by atoms with Crippen LogP contribution < -0.4 is 10.6 Å². The van der Waals surface area contributed by atoms with E-state index >= 15 is 0 Å². The molecule has 2 rings (SSSR count). The van der Waals surface area contributed by atoms with Crippen molar-refractivity contribution in [3.63, 3.8) is 0 Å². The molecule has 0 aliphatic heterocycles. The van der Waals surface area contributed by atoms with Crippen LogP contribution in [0.1, 0.15) is 15.9 Å². The van der Waals surface area contributed by atoms with Crippen LogP contribution in [-0.4, -0.2) is 18.9 Å². The number of amides is 2. The maximum absolute atomic E-state index is 13.6. The summed E-state index contributed by atoms with van der Waals surface area (Å²) in [5.41, 5.74) is 1.02. The number of carbonyl (C=O) groups excluding carboxylic acids is 2.